The standard InChI is InChI=1S/C14H19N3O3S/c1-9-4-5-12(7-15)6-13(9)21(18,19)16-8-14-17-10(2)11(3)20-14/h4-6,16H,7-8,15H2,1-3H3. The Kier molecular flexibility index (Phi) is 4.46. The molecule has 0 amide bonds. The van der Waals surface area contributed by atoms with Crippen LogP contribution in [0, 0.1) is 20.8 Å². The van der Waals surface area contributed by atoms with E-state index in [0.29, 0.717) is 23.8 Å². The number of hydrogen-bond donors (Lipinski definition) is 2. The maximum Gasteiger partial charge on any atom is 0.241 e. The van der Waals surface area contributed by atoms with Gasteiger partial charge >= 0.3 is 0 Å². The van der Waals surface area contributed by atoms with Crippen LogP contribution in [0.1, 0.15) is 28.5 Å². The van der Waals surface area contributed by atoms with E-state index in [4.69, 9.17) is 10.2 Å². The van der Waals surface area contributed by atoms with Crippen LogP contribution in [0.15, 0.2) is 27.5 Å². The number of nitrogens with two attached hydrogens (primary N) is 1. The van der Waals surface area contributed by atoms with Gasteiger partial charge in [-0.3, -0.25) is 0 Å². The molecule has 0 radical (unpaired) electrons. The van der Waals surface area contributed by atoms with E-state index in [-0.39, 0.29) is 11.4 Å². The van der Waals surface area contributed by atoms with E-state index in [9.17, 15) is 8.42 Å². The van der Waals surface area contributed by atoms with Gasteiger partial charge in [-0.1, -0.05) is 12.1 Å². The Morgan fingerprint density at radius 3 is 2.57 bits per heavy atom. The summed E-state index contributed by atoms with van der Waals surface area (Å²) >= 11 is 0. The predicted molar refractivity (Wildman–Crippen MR) is 79.1 cm³/mol. The average molecular weight is 309 g/mol. The summed E-state index contributed by atoms with van der Waals surface area (Å²) in [5.41, 5.74) is 7.74. The van der Waals surface area contributed by atoms with Gasteiger partial charge in [0.1, 0.15) is 5.76 Å². The van der Waals surface area contributed by atoms with Crippen LogP contribution in [-0.4, -0.2) is 13.4 Å². The van der Waals surface area contributed by atoms with Crippen molar-refractivity contribution in [3.63, 3.8) is 0 Å². The number of aromatic nitrogens is 1. The molecule has 1 heterocycles. The molecule has 0 unspecified atom stereocenters. The lowest BCUT2D eigenvalue weighted by Gasteiger charge is -2.09. The molecule has 0 saturated heterocycles. The van der Waals surface area contributed by atoms with Crippen molar-refractivity contribution in [2.75, 3.05) is 0 Å². The summed E-state index contributed by atoms with van der Waals surface area (Å²) in [5, 5.41) is 0. The highest BCUT2D eigenvalue weighted by molar-refractivity contribution is 7.89. The van der Waals surface area contributed by atoms with Crippen molar-refractivity contribution in [3.05, 3.63) is 46.7 Å². The van der Waals surface area contributed by atoms with Gasteiger partial charge in [0.05, 0.1) is 17.1 Å². The van der Waals surface area contributed by atoms with Crippen LogP contribution < -0.4 is 10.5 Å². The van der Waals surface area contributed by atoms with Crippen molar-refractivity contribution in [1.29, 1.82) is 0 Å². The SMILES string of the molecule is Cc1ccc(CN)cc1S(=O)(=O)NCc1nc(C)c(C)o1. The van der Waals surface area contributed by atoms with E-state index in [2.05, 4.69) is 9.71 Å². The molecule has 1 aromatic carbocycles. The zero-order chi connectivity index (χ0) is 15.6. The van der Waals surface area contributed by atoms with Gasteiger partial charge in [-0.15, -0.1) is 0 Å². The van der Waals surface area contributed by atoms with Gasteiger partial charge in [0.25, 0.3) is 0 Å². The number of rotatable bonds is 5. The molecule has 0 aliphatic rings. The van der Waals surface area contributed by atoms with Crippen LogP contribution in [0.4, 0.5) is 0 Å². The smallest absolute Gasteiger partial charge is 0.241 e. The predicted octanol–water partition coefficient (Wildman–Crippen LogP) is 1.54. The summed E-state index contributed by atoms with van der Waals surface area (Å²) in [7, 11) is -3.63. The fourth-order valence-electron chi connectivity index (χ4n) is 1.91. The largest absolute Gasteiger partial charge is 0.444 e. The summed E-state index contributed by atoms with van der Waals surface area (Å²) in [6.45, 7) is 5.65. The van der Waals surface area contributed by atoms with Crippen molar-refractivity contribution in [1.82, 2.24) is 9.71 Å². The Balaban J connectivity index is 2.22. The van der Waals surface area contributed by atoms with Crippen LogP contribution >= 0.6 is 0 Å². The maximum absolute atomic E-state index is 12.4. The molecule has 0 aliphatic carbocycles. The van der Waals surface area contributed by atoms with Gasteiger partial charge in [-0.25, -0.2) is 18.1 Å². The summed E-state index contributed by atoms with van der Waals surface area (Å²) < 4.78 is 32.6. The van der Waals surface area contributed by atoms with Crippen LogP contribution in [0.3, 0.4) is 0 Å². The minimum Gasteiger partial charge on any atom is -0.444 e. The van der Waals surface area contributed by atoms with E-state index >= 15 is 0 Å². The third-order valence-electron chi connectivity index (χ3n) is 3.26. The number of nitrogens with one attached hydrogen (secondary N) is 1. The summed E-state index contributed by atoms with van der Waals surface area (Å²) in [4.78, 5) is 4.38. The second-order valence-electron chi connectivity index (χ2n) is 4.88. The van der Waals surface area contributed by atoms with Gasteiger partial charge in [0.15, 0.2) is 0 Å². The molecule has 0 saturated carbocycles. The Morgan fingerprint density at radius 2 is 2.00 bits per heavy atom. The first-order valence-corrected chi connectivity index (χ1v) is 8.04. The minimum absolute atomic E-state index is 0.0172. The van der Waals surface area contributed by atoms with E-state index in [1.807, 2.05) is 13.0 Å². The lowest BCUT2D eigenvalue weighted by atomic mass is 10.1. The van der Waals surface area contributed by atoms with Gasteiger partial charge in [-0.2, -0.15) is 0 Å². The third kappa shape index (κ3) is 3.49. The number of sulfonamides is 1. The summed E-state index contributed by atoms with van der Waals surface area (Å²) in [6, 6.07) is 5.15. The molecule has 0 spiro atoms. The monoisotopic (exact) mass is 309 g/mol. The van der Waals surface area contributed by atoms with Crippen LogP contribution in [0.2, 0.25) is 0 Å². The highest BCUT2D eigenvalue weighted by Crippen LogP contribution is 2.17. The Morgan fingerprint density at radius 1 is 1.29 bits per heavy atom. The summed E-state index contributed by atoms with van der Waals surface area (Å²) in [5.74, 6) is 1.03. The quantitative estimate of drug-likeness (QED) is 0.873. The first kappa shape index (κ1) is 15.7. The van der Waals surface area contributed by atoms with Crippen molar-refractivity contribution >= 4 is 10.0 Å². The topological polar surface area (TPSA) is 98.2 Å². The van der Waals surface area contributed by atoms with E-state index in [1.54, 1.807) is 26.0 Å². The van der Waals surface area contributed by atoms with E-state index in [0.717, 1.165) is 11.3 Å². The second kappa shape index (κ2) is 5.97. The number of aryl methyl sites for hydroxylation is 3. The minimum atomic E-state index is -3.63. The van der Waals surface area contributed by atoms with Crippen molar-refractivity contribution in [3.8, 4) is 0 Å². The number of hydrogen-bond acceptors (Lipinski definition) is 5. The van der Waals surface area contributed by atoms with Crippen LogP contribution in [-0.2, 0) is 23.1 Å². The van der Waals surface area contributed by atoms with Gasteiger partial charge in [-0.05, 0) is 38.0 Å². The molecule has 6 nitrogen and oxygen atoms in total. The number of oxazole rings is 1. The van der Waals surface area contributed by atoms with E-state index in [1.165, 1.54) is 0 Å². The molecule has 2 aromatic rings. The normalized spacial score (nSPS) is 11.8. The molecule has 0 fully saturated rings. The zero-order valence-electron chi connectivity index (χ0n) is 12.3. The zero-order valence-corrected chi connectivity index (χ0v) is 13.1. The molecule has 2 rings (SSSR count). The van der Waals surface area contributed by atoms with Crippen molar-refractivity contribution in [2.24, 2.45) is 5.73 Å². The molecular weight excluding hydrogens is 290 g/mol. The molecule has 0 bridgehead atoms. The molecule has 3 N–H and O–H groups in total. The fraction of sp³-hybridized carbons (Fsp3) is 0.357. The molecule has 114 valence electrons. The highest BCUT2D eigenvalue weighted by Gasteiger charge is 2.18. The maximum atomic E-state index is 12.4. The number of benzene rings is 1. The molecule has 0 atom stereocenters. The first-order valence-electron chi connectivity index (χ1n) is 6.55. The van der Waals surface area contributed by atoms with E-state index < -0.39 is 10.0 Å². The fourth-order valence-corrected chi connectivity index (χ4v) is 3.18. The highest BCUT2D eigenvalue weighted by atomic mass is 32.2. The lowest BCUT2D eigenvalue weighted by Crippen LogP contribution is -2.24. The molecular formula is C14H19N3O3S. The Labute approximate surface area is 124 Å². The molecule has 7 heteroatoms. The van der Waals surface area contributed by atoms with Crippen molar-refractivity contribution in [2.45, 2.75) is 38.8 Å². The summed E-state index contributed by atoms with van der Waals surface area (Å²) in [6.07, 6.45) is 0. The average Bonchev–Trinajstić information content (AvgIpc) is 2.76. The van der Waals surface area contributed by atoms with Gasteiger partial charge in [0.2, 0.25) is 15.9 Å². The Bertz CT molecular complexity index is 731. The molecule has 0 aliphatic heterocycles. The number of nitrogens with zero attached hydrogens (tertiary/aromatic N) is 1. The Hall–Kier alpha value is -1.70. The first-order chi connectivity index (χ1) is 9.83. The van der Waals surface area contributed by atoms with Crippen molar-refractivity contribution < 1.29 is 12.8 Å². The van der Waals surface area contributed by atoms with Gasteiger partial charge < -0.3 is 10.2 Å². The molecule has 1 aromatic heterocycles. The second-order valence-corrected chi connectivity index (χ2v) is 6.61. The third-order valence-corrected chi connectivity index (χ3v) is 4.81. The van der Waals surface area contributed by atoms with Crippen LogP contribution in [0.5, 0.6) is 0 Å². The lowest BCUT2D eigenvalue weighted by molar-refractivity contribution is 0.463. The molecule has 21 heavy (non-hydrogen) atoms. The van der Waals surface area contributed by atoms with Crippen LogP contribution in [0.25, 0.3) is 0 Å². The van der Waals surface area contributed by atoms with Gasteiger partial charge in [0, 0.05) is 6.54 Å².